The molecule has 184 valence electrons. The minimum absolute atomic E-state index is 0.0259. The van der Waals surface area contributed by atoms with E-state index in [1.54, 1.807) is 0 Å². The SMILES string of the molecule is NCCCCC(N)C(=O)NC(CO)C(=O)NC(Cc1cnc[nH]1)C(=O)N1CCCC1C(=O)O. The number of amides is 3. The lowest BCUT2D eigenvalue weighted by Crippen LogP contribution is -2.58. The maximum absolute atomic E-state index is 13.1. The van der Waals surface area contributed by atoms with Crippen LogP contribution >= 0.6 is 0 Å². The number of hydrogen-bond acceptors (Lipinski definition) is 8. The molecule has 1 saturated heterocycles. The topological polar surface area (TPSA) is 217 Å². The summed E-state index contributed by atoms with van der Waals surface area (Å²) in [5.41, 5.74) is 11.8. The Labute approximate surface area is 191 Å². The predicted octanol–water partition coefficient (Wildman–Crippen LogP) is -2.55. The zero-order chi connectivity index (χ0) is 24.4. The molecule has 13 nitrogen and oxygen atoms in total. The molecule has 0 aliphatic carbocycles. The van der Waals surface area contributed by atoms with Crippen LogP contribution in [0.3, 0.4) is 0 Å². The summed E-state index contributed by atoms with van der Waals surface area (Å²) in [6.07, 6.45) is 5.49. The van der Waals surface area contributed by atoms with Gasteiger partial charge in [0.15, 0.2) is 0 Å². The van der Waals surface area contributed by atoms with Crippen LogP contribution in [0.15, 0.2) is 12.5 Å². The number of carbonyl (C=O) groups is 4. The van der Waals surface area contributed by atoms with Crippen molar-refractivity contribution < 1.29 is 29.4 Å². The maximum atomic E-state index is 13.1. The van der Waals surface area contributed by atoms with Crippen molar-refractivity contribution in [3.8, 4) is 0 Å². The first-order valence-electron chi connectivity index (χ1n) is 11.0. The van der Waals surface area contributed by atoms with Gasteiger partial charge in [-0.05, 0) is 32.2 Å². The monoisotopic (exact) mass is 467 g/mol. The van der Waals surface area contributed by atoms with E-state index < -0.39 is 54.5 Å². The molecule has 4 unspecified atom stereocenters. The summed E-state index contributed by atoms with van der Waals surface area (Å²) in [5, 5.41) is 24.0. The summed E-state index contributed by atoms with van der Waals surface area (Å²) < 4.78 is 0. The third-order valence-electron chi connectivity index (χ3n) is 5.54. The number of carbonyl (C=O) groups excluding carboxylic acids is 3. The Morgan fingerprint density at radius 1 is 1.21 bits per heavy atom. The highest BCUT2D eigenvalue weighted by Crippen LogP contribution is 2.19. The second kappa shape index (κ2) is 12.9. The van der Waals surface area contributed by atoms with Gasteiger partial charge in [-0.3, -0.25) is 14.4 Å². The molecule has 1 aliphatic heterocycles. The Balaban J connectivity index is 2.08. The van der Waals surface area contributed by atoms with E-state index in [1.165, 1.54) is 17.4 Å². The number of carboxylic acids is 1. The van der Waals surface area contributed by atoms with Gasteiger partial charge >= 0.3 is 5.97 Å². The summed E-state index contributed by atoms with van der Waals surface area (Å²) in [4.78, 5) is 57.7. The standard InChI is InChI=1S/C20H33N7O6/c21-6-2-1-4-13(22)17(29)26-15(10-28)18(30)25-14(8-12-9-23-11-24-12)19(31)27-7-3-5-16(27)20(32)33/h9,11,13-16,28H,1-8,10,21-22H2,(H,23,24)(H,25,30)(H,26,29)(H,32,33). The van der Waals surface area contributed by atoms with Crippen LogP contribution in [0.25, 0.3) is 0 Å². The third kappa shape index (κ3) is 7.51. The molecule has 4 atom stereocenters. The molecular weight excluding hydrogens is 434 g/mol. The van der Waals surface area contributed by atoms with Crippen molar-refractivity contribution in [2.75, 3.05) is 19.7 Å². The smallest absolute Gasteiger partial charge is 0.326 e. The van der Waals surface area contributed by atoms with Gasteiger partial charge in [-0.25, -0.2) is 9.78 Å². The lowest BCUT2D eigenvalue weighted by Gasteiger charge is -2.28. The lowest BCUT2D eigenvalue weighted by molar-refractivity contribution is -0.149. The van der Waals surface area contributed by atoms with Crippen molar-refractivity contribution in [1.29, 1.82) is 0 Å². The molecule has 2 heterocycles. The van der Waals surface area contributed by atoms with E-state index in [2.05, 4.69) is 20.6 Å². The zero-order valence-corrected chi connectivity index (χ0v) is 18.4. The van der Waals surface area contributed by atoms with E-state index in [1.807, 2.05) is 0 Å². The van der Waals surface area contributed by atoms with Crippen LogP contribution in [-0.4, -0.2) is 92.6 Å². The van der Waals surface area contributed by atoms with E-state index >= 15 is 0 Å². The Bertz CT molecular complexity index is 803. The normalized spacial score (nSPS) is 18.4. The Morgan fingerprint density at radius 3 is 2.55 bits per heavy atom. The molecule has 1 fully saturated rings. The van der Waals surface area contributed by atoms with Gasteiger partial charge in [0.25, 0.3) is 0 Å². The molecule has 33 heavy (non-hydrogen) atoms. The van der Waals surface area contributed by atoms with Crippen LogP contribution < -0.4 is 22.1 Å². The van der Waals surface area contributed by atoms with Gasteiger partial charge in [-0.1, -0.05) is 6.42 Å². The summed E-state index contributed by atoms with van der Waals surface area (Å²) >= 11 is 0. The molecule has 9 N–H and O–H groups in total. The number of unbranched alkanes of at least 4 members (excludes halogenated alkanes) is 1. The quantitative estimate of drug-likeness (QED) is 0.152. The second-order valence-electron chi connectivity index (χ2n) is 8.00. The second-order valence-corrected chi connectivity index (χ2v) is 8.00. The van der Waals surface area contributed by atoms with Gasteiger partial charge in [0.05, 0.1) is 19.0 Å². The van der Waals surface area contributed by atoms with Crippen LogP contribution in [0, 0.1) is 0 Å². The number of carboxylic acid groups (broad SMARTS) is 1. The van der Waals surface area contributed by atoms with Crippen molar-refractivity contribution in [2.45, 2.75) is 62.7 Å². The van der Waals surface area contributed by atoms with Gasteiger partial charge in [0.1, 0.15) is 18.1 Å². The van der Waals surface area contributed by atoms with Crippen LogP contribution in [0.5, 0.6) is 0 Å². The molecule has 0 radical (unpaired) electrons. The molecule has 1 aliphatic rings. The number of aromatic amines is 1. The number of hydrogen-bond donors (Lipinski definition) is 7. The fraction of sp³-hybridized carbons (Fsp3) is 0.650. The molecule has 1 aromatic heterocycles. The fourth-order valence-electron chi connectivity index (χ4n) is 3.69. The Kier molecular flexibility index (Phi) is 10.2. The Morgan fingerprint density at radius 2 is 1.94 bits per heavy atom. The molecule has 3 amide bonds. The molecule has 0 aromatic carbocycles. The van der Waals surface area contributed by atoms with Gasteiger partial charge in [-0.15, -0.1) is 0 Å². The number of imidazole rings is 1. The number of H-pyrrole nitrogens is 1. The minimum Gasteiger partial charge on any atom is -0.480 e. The molecule has 0 bridgehead atoms. The van der Waals surface area contributed by atoms with Gasteiger partial charge in [0.2, 0.25) is 17.7 Å². The first kappa shape index (κ1) is 26.2. The number of aliphatic hydroxyl groups is 1. The van der Waals surface area contributed by atoms with Crippen LogP contribution in [0.1, 0.15) is 37.8 Å². The summed E-state index contributed by atoms with van der Waals surface area (Å²) in [5.74, 6) is -3.08. The molecule has 0 spiro atoms. The number of nitrogens with two attached hydrogens (primary N) is 2. The number of aromatic nitrogens is 2. The van der Waals surface area contributed by atoms with E-state index in [0.717, 1.165) is 0 Å². The van der Waals surface area contributed by atoms with E-state index in [4.69, 9.17) is 11.5 Å². The molecule has 13 heteroatoms. The Hall–Kier alpha value is -3.03. The number of nitrogens with zero attached hydrogens (tertiary/aromatic N) is 2. The minimum atomic E-state index is -1.33. The highest BCUT2D eigenvalue weighted by Gasteiger charge is 2.38. The van der Waals surface area contributed by atoms with Crippen molar-refractivity contribution in [1.82, 2.24) is 25.5 Å². The first-order chi connectivity index (χ1) is 15.8. The lowest BCUT2D eigenvalue weighted by atomic mass is 10.1. The molecule has 2 rings (SSSR count). The maximum Gasteiger partial charge on any atom is 0.326 e. The van der Waals surface area contributed by atoms with Gasteiger partial charge in [-0.2, -0.15) is 0 Å². The van der Waals surface area contributed by atoms with E-state index in [-0.39, 0.29) is 13.0 Å². The number of aliphatic carboxylic acids is 1. The number of aliphatic hydroxyl groups excluding tert-OH is 1. The predicted molar refractivity (Wildman–Crippen MR) is 116 cm³/mol. The largest absolute Gasteiger partial charge is 0.480 e. The summed E-state index contributed by atoms with van der Waals surface area (Å²) in [6.45, 7) is 0.0179. The van der Waals surface area contributed by atoms with Gasteiger partial charge in [0, 0.05) is 24.9 Å². The van der Waals surface area contributed by atoms with Gasteiger partial charge < -0.3 is 42.2 Å². The van der Waals surface area contributed by atoms with Crippen molar-refractivity contribution >= 4 is 23.7 Å². The summed E-state index contributed by atoms with van der Waals surface area (Å²) in [6, 6.07) is -4.30. The van der Waals surface area contributed by atoms with Crippen molar-refractivity contribution in [3.05, 3.63) is 18.2 Å². The highest BCUT2D eigenvalue weighted by molar-refractivity contribution is 5.94. The number of likely N-dealkylation sites (tertiary alicyclic amines) is 1. The first-order valence-corrected chi connectivity index (χ1v) is 11.0. The molecule has 1 aromatic rings. The fourth-order valence-corrected chi connectivity index (χ4v) is 3.69. The number of nitrogens with one attached hydrogen (secondary N) is 3. The third-order valence-corrected chi connectivity index (χ3v) is 5.54. The average Bonchev–Trinajstić information content (AvgIpc) is 3.48. The van der Waals surface area contributed by atoms with Crippen LogP contribution in [0.2, 0.25) is 0 Å². The van der Waals surface area contributed by atoms with E-state index in [0.29, 0.717) is 44.3 Å². The van der Waals surface area contributed by atoms with E-state index in [9.17, 15) is 29.4 Å². The highest BCUT2D eigenvalue weighted by atomic mass is 16.4. The zero-order valence-electron chi connectivity index (χ0n) is 18.4. The van der Waals surface area contributed by atoms with Crippen molar-refractivity contribution in [3.63, 3.8) is 0 Å². The molecular formula is C20H33N7O6. The molecule has 0 saturated carbocycles. The van der Waals surface area contributed by atoms with Crippen molar-refractivity contribution in [2.24, 2.45) is 11.5 Å². The van der Waals surface area contributed by atoms with Crippen LogP contribution in [-0.2, 0) is 25.6 Å². The average molecular weight is 468 g/mol. The summed E-state index contributed by atoms with van der Waals surface area (Å²) in [7, 11) is 0. The number of rotatable bonds is 13. The van der Waals surface area contributed by atoms with Crippen LogP contribution in [0.4, 0.5) is 0 Å².